The first-order valence-electron chi connectivity index (χ1n) is 12.5. The third-order valence-corrected chi connectivity index (χ3v) is 8.41. The maximum Gasteiger partial charge on any atom is 0.344 e. The number of unbranched alkanes of at least 4 members (excludes halogenated alkanes) is 2. The van der Waals surface area contributed by atoms with Crippen LogP contribution in [0.2, 0.25) is 0 Å². The average molecular weight is 413 g/mol. The molecular formula is C27H40O3. The van der Waals surface area contributed by atoms with Crippen LogP contribution in [0.3, 0.4) is 0 Å². The summed E-state index contributed by atoms with van der Waals surface area (Å²) in [5, 5.41) is 0. The fourth-order valence-corrected chi connectivity index (χ4v) is 6.77. The molecule has 1 unspecified atom stereocenters. The molecule has 0 aromatic heterocycles. The monoisotopic (exact) mass is 412 g/mol. The number of rotatable bonds is 10. The van der Waals surface area contributed by atoms with Crippen molar-refractivity contribution in [2.45, 2.75) is 96.5 Å². The van der Waals surface area contributed by atoms with Crippen LogP contribution in [0.4, 0.5) is 0 Å². The Labute approximate surface area is 182 Å². The fraction of sp³-hybridized carbons (Fsp3) is 0.741. The molecule has 0 saturated heterocycles. The second-order valence-electron chi connectivity index (χ2n) is 10.4. The number of carbonyl (C=O) groups excluding carboxylic acids is 1. The van der Waals surface area contributed by atoms with Gasteiger partial charge in [-0.1, -0.05) is 45.7 Å². The molecule has 0 radical (unpaired) electrons. The van der Waals surface area contributed by atoms with Gasteiger partial charge in [0.05, 0.1) is 0 Å². The largest absolute Gasteiger partial charge is 0.482 e. The summed E-state index contributed by atoms with van der Waals surface area (Å²) in [7, 11) is 0. The molecule has 4 aliphatic carbocycles. The first-order chi connectivity index (χ1) is 14.5. The summed E-state index contributed by atoms with van der Waals surface area (Å²) in [6.07, 6.45) is 12.3. The third kappa shape index (κ3) is 4.41. The fourth-order valence-electron chi connectivity index (χ4n) is 6.77. The van der Waals surface area contributed by atoms with Crippen LogP contribution in [-0.2, 0) is 9.53 Å². The molecule has 5 rings (SSSR count). The van der Waals surface area contributed by atoms with E-state index in [-0.39, 0.29) is 18.2 Å². The second-order valence-corrected chi connectivity index (χ2v) is 10.4. The van der Waals surface area contributed by atoms with E-state index in [0.29, 0.717) is 17.8 Å². The van der Waals surface area contributed by atoms with E-state index < -0.39 is 0 Å². The highest BCUT2D eigenvalue weighted by atomic mass is 16.6. The average Bonchev–Trinajstić information content (AvgIpc) is 2.75. The Bertz CT molecular complexity index is 679. The van der Waals surface area contributed by atoms with Gasteiger partial charge >= 0.3 is 5.97 Å². The summed E-state index contributed by atoms with van der Waals surface area (Å²) in [6.45, 7) is 6.70. The SMILES string of the molecule is CCCCCC1(OC(=O)COc2ccc(C(C)CC)cc2)C2CC3CC(C2)CC1C3. The highest BCUT2D eigenvalue weighted by molar-refractivity contribution is 5.71. The molecule has 0 heterocycles. The highest BCUT2D eigenvalue weighted by Crippen LogP contribution is 2.61. The number of hydrogen-bond acceptors (Lipinski definition) is 3. The van der Waals surface area contributed by atoms with Crippen LogP contribution < -0.4 is 4.74 Å². The van der Waals surface area contributed by atoms with Crippen molar-refractivity contribution in [3.05, 3.63) is 29.8 Å². The Hall–Kier alpha value is -1.51. The van der Waals surface area contributed by atoms with Gasteiger partial charge in [0.15, 0.2) is 6.61 Å². The van der Waals surface area contributed by atoms with Gasteiger partial charge in [-0.15, -0.1) is 0 Å². The van der Waals surface area contributed by atoms with Gasteiger partial charge in [-0.05, 0) is 98.7 Å². The lowest BCUT2D eigenvalue weighted by Crippen LogP contribution is -2.60. The summed E-state index contributed by atoms with van der Waals surface area (Å²) in [6, 6.07) is 8.18. The molecule has 0 spiro atoms. The Morgan fingerprint density at radius 1 is 1.00 bits per heavy atom. The molecule has 3 nitrogen and oxygen atoms in total. The van der Waals surface area contributed by atoms with E-state index in [9.17, 15) is 4.79 Å². The van der Waals surface area contributed by atoms with Gasteiger partial charge in [-0.2, -0.15) is 0 Å². The van der Waals surface area contributed by atoms with Crippen molar-refractivity contribution in [3.63, 3.8) is 0 Å². The standard InChI is InChI=1S/C27H40O3/c1-4-6-7-12-27(23-14-20-13-21(16-23)17-24(27)15-20)30-26(28)18-29-25-10-8-22(9-11-25)19(3)5-2/h8-11,19-21,23-24H,4-7,12-18H2,1-3H3. The van der Waals surface area contributed by atoms with Gasteiger partial charge in [-0.3, -0.25) is 0 Å². The first kappa shape index (κ1) is 21.7. The van der Waals surface area contributed by atoms with Crippen LogP contribution in [-0.4, -0.2) is 18.2 Å². The van der Waals surface area contributed by atoms with Crippen LogP contribution in [0.1, 0.15) is 96.5 Å². The molecule has 4 aliphatic rings. The second kappa shape index (κ2) is 9.32. The quantitative estimate of drug-likeness (QED) is 0.310. The van der Waals surface area contributed by atoms with E-state index in [1.165, 1.54) is 56.9 Å². The van der Waals surface area contributed by atoms with Crippen LogP contribution >= 0.6 is 0 Å². The lowest BCUT2D eigenvalue weighted by atomic mass is 9.49. The molecule has 4 bridgehead atoms. The van der Waals surface area contributed by atoms with Gasteiger partial charge in [-0.25, -0.2) is 4.79 Å². The van der Waals surface area contributed by atoms with Gasteiger partial charge in [0.2, 0.25) is 0 Å². The topological polar surface area (TPSA) is 35.5 Å². The van der Waals surface area contributed by atoms with Crippen LogP contribution in [0.25, 0.3) is 0 Å². The Morgan fingerprint density at radius 3 is 2.20 bits per heavy atom. The molecule has 1 aromatic carbocycles. The lowest BCUT2D eigenvalue weighted by molar-refractivity contribution is -0.214. The summed E-state index contributed by atoms with van der Waals surface area (Å²) in [5.41, 5.74) is 1.10. The van der Waals surface area contributed by atoms with Gasteiger partial charge in [0.1, 0.15) is 11.4 Å². The normalized spacial score (nSPS) is 32.8. The molecular weight excluding hydrogens is 372 g/mol. The van der Waals surface area contributed by atoms with E-state index in [1.54, 1.807) is 0 Å². The smallest absolute Gasteiger partial charge is 0.344 e. The number of ether oxygens (including phenoxy) is 2. The third-order valence-electron chi connectivity index (χ3n) is 8.41. The molecule has 0 amide bonds. The predicted molar refractivity (Wildman–Crippen MR) is 121 cm³/mol. The molecule has 1 atom stereocenters. The molecule has 1 aromatic rings. The van der Waals surface area contributed by atoms with Crippen LogP contribution in [0.15, 0.2) is 24.3 Å². The van der Waals surface area contributed by atoms with Crippen molar-refractivity contribution in [1.82, 2.24) is 0 Å². The van der Waals surface area contributed by atoms with Gasteiger partial charge in [0, 0.05) is 0 Å². The predicted octanol–water partition coefficient (Wildman–Crippen LogP) is 6.90. The summed E-state index contributed by atoms with van der Waals surface area (Å²) in [5.74, 6) is 4.03. The molecule has 0 N–H and O–H groups in total. The van der Waals surface area contributed by atoms with Gasteiger partial charge in [0.25, 0.3) is 0 Å². The maximum absolute atomic E-state index is 12.9. The number of benzene rings is 1. The number of hydrogen-bond donors (Lipinski definition) is 0. The van der Waals surface area contributed by atoms with Crippen molar-refractivity contribution in [3.8, 4) is 5.75 Å². The molecule has 4 saturated carbocycles. The Morgan fingerprint density at radius 2 is 1.63 bits per heavy atom. The minimum absolute atomic E-state index is 0.0184. The van der Waals surface area contributed by atoms with E-state index in [4.69, 9.17) is 9.47 Å². The zero-order valence-electron chi connectivity index (χ0n) is 19.2. The van der Waals surface area contributed by atoms with Gasteiger partial charge < -0.3 is 9.47 Å². The summed E-state index contributed by atoms with van der Waals surface area (Å²) in [4.78, 5) is 12.9. The van der Waals surface area contributed by atoms with Crippen molar-refractivity contribution < 1.29 is 14.3 Å². The van der Waals surface area contributed by atoms with Crippen molar-refractivity contribution in [1.29, 1.82) is 0 Å². The van der Waals surface area contributed by atoms with Crippen LogP contribution in [0.5, 0.6) is 5.75 Å². The summed E-state index contributed by atoms with van der Waals surface area (Å²) < 4.78 is 12.2. The van der Waals surface area contributed by atoms with Crippen molar-refractivity contribution in [2.24, 2.45) is 23.7 Å². The van der Waals surface area contributed by atoms with Crippen molar-refractivity contribution in [2.75, 3.05) is 6.61 Å². The summed E-state index contributed by atoms with van der Waals surface area (Å²) >= 11 is 0. The molecule has 0 aliphatic heterocycles. The number of esters is 1. The highest BCUT2D eigenvalue weighted by Gasteiger charge is 2.59. The minimum Gasteiger partial charge on any atom is -0.482 e. The molecule has 166 valence electrons. The maximum atomic E-state index is 12.9. The zero-order valence-corrected chi connectivity index (χ0v) is 19.2. The van der Waals surface area contributed by atoms with E-state index in [1.807, 2.05) is 12.1 Å². The molecule has 3 heteroatoms. The van der Waals surface area contributed by atoms with E-state index in [2.05, 4.69) is 32.9 Å². The minimum atomic E-state index is -0.219. The number of carbonyl (C=O) groups is 1. The van der Waals surface area contributed by atoms with Crippen molar-refractivity contribution >= 4 is 5.97 Å². The zero-order chi connectivity index (χ0) is 21.1. The molecule has 4 fully saturated rings. The molecule has 30 heavy (non-hydrogen) atoms. The van der Waals surface area contributed by atoms with E-state index in [0.717, 1.165) is 30.4 Å². The lowest BCUT2D eigenvalue weighted by Gasteiger charge is -2.60. The Kier molecular flexibility index (Phi) is 6.75. The first-order valence-corrected chi connectivity index (χ1v) is 12.5. The van der Waals surface area contributed by atoms with E-state index >= 15 is 0 Å². The van der Waals surface area contributed by atoms with Crippen LogP contribution in [0, 0.1) is 23.7 Å². The Balaban J connectivity index is 1.39.